The molecule has 1 fully saturated rings. The predicted molar refractivity (Wildman–Crippen MR) is 103 cm³/mol. The SMILES string of the molecule is COc1ccccc1OC(=O)c1cccc(S(=O)(=O)N2C[C@H](C)O[C@@H](C)C2)c1. The van der Waals surface area contributed by atoms with Gasteiger partial charge in [-0.05, 0) is 44.2 Å². The number of esters is 1. The van der Waals surface area contributed by atoms with E-state index in [4.69, 9.17) is 14.2 Å². The largest absolute Gasteiger partial charge is 0.493 e. The van der Waals surface area contributed by atoms with Crippen molar-refractivity contribution in [2.24, 2.45) is 0 Å². The van der Waals surface area contributed by atoms with E-state index in [1.54, 1.807) is 24.3 Å². The second kappa shape index (κ2) is 8.30. The number of hydrogen-bond acceptors (Lipinski definition) is 6. The minimum atomic E-state index is -3.75. The lowest BCUT2D eigenvalue weighted by Crippen LogP contribution is -2.48. The number of sulfonamides is 1. The van der Waals surface area contributed by atoms with E-state index in [-0.39, 0.29) is 41.5 Å². The van der Waals surface area contributed by atoms with Crippen molar-refractivity contribution in [1.82, 2.24) is 4.31 Å². The molecule has 1 aliphatic rings. The Morgan fingerprint density at radius 2 is 1.68 bits per heavy atom. The third-order valence-electron chi connectivity index (χ3n) is 4.37. The molecule has 0 bridgehead atoms. The third kappa shape index (κ3) is 4.35. The number of rotatable bonds is 5. The van der Waals surface area contributed by atoms with Crippen LogP contribution in [-0.4, -0.2) is 51.1 Å². The monoisotopic (exact) mass is 405 g/mol. The number of ether oxygens (including phenoxy) is 3. The Morgan fingerprint density at radius 3 is 2.32 bits per heavy atom. The highest BCUT2D eigenvalue weighted by Gasteiger charge is 2.32. The summed E-state index contributed by atoms with van der Waals surface area (Å²) in [5, 5.41) is 0. The first-order valence-electron chi connectivity index (χ1n) is 8.92. The highest BCUT2D eigenvalue weighted by molar-refractivity contribution is 7.89. The predicted octanol–water partition coefficient (Wildman–Crippen LogP) is 2.71. The fraction of sp³-hybridized carbons (Fsp3) is 0.350. The van der Waals surface area contributed by atoms with E-state index < -0.39 is 16.0 Å². The molecule has 1 aliphatic heterocycles. The Hall–Kier alpha value is -2.42. The van der Waals surface area contributed by atoms with E-state index in [0.29, 0.717) is 5.75 Å². The van der Waals surface area contributed by atoms with Gasteiger partial charge in [-0.2, -0.15) is 4.31 Å². The quantitative estimate of drug-likeness (QED) is 0.562. The standard InChI is InChI=1S/C20H23NO6S/c1-14-12-21(13-15(2)26-14)28(23,24)17-8-6-7-16(11-17)20(22)27-19-10-5-4-9-18(19)25-3/h4-11,14-15H,12-13H2,1-3H3/t14-,15-/m0/s1. The first-order chi connectivity index (χ1) is 13.3. The molecule has 28 heavy (non-hydrogen) atoms. The highest BCUT2D eigenvalue weighted by Crippen LogP contribution is 2.27. The molecule has 2 aromatic rings. The molecule has 0 N–H and O–H groups in total. The van der Waals surface area contributed by atoms with Gasteiger partial charge in [0.2, 0.25) is 10.0 Å². The van der Waals surface area contributed by atoms with Crippen LogP contribution in [0.15, 0.2) is 53.4 Å². The van der Waals surface area contributed by atoms with Gasteiger partial charge in [-0.15, -0.1) is 0 Å². The molecular formula is C20H23NO6S. The van der Waals surface area contributed by atoms with Crippen molar-refractivity contribution in [2.45, 2.75) is 31.0 Å². The van der Waals surface area contributed by atoms with Crippen LogP contribution in [0.2, 0.25) is 0 Å². The van der Waals surface area contributed by atoms with Crippen LogP contribution in [0.4, 0.5) is 0 Å². The van der Waals surface area contributed by atoms with Gasteiger partial charge < -0.3 is 14.2 Å². The summed E-state index contributed by atoms with van der Waals surface area (Å²) < 4.78 is 43.6. The first kappa shape index (κ1) is 20.3. The molecule has 1 saturated heterocycles. The number of para-hydroxylation sites is 2. The Labute approximate surface area is 164 Å². The minimum absolute atomic E-state index is 0.0447. The molecule has 150 valence electrons. The second-order valence-electron chi connectivity index (χ2n) is 6.65. The maximum absolute atomic E-state index is 13.0. The minimum Gasteiger partial charge on any atom is -0.493 e. The molecule has 8 heteroatoms. The molecule has 0 unspecified atom stereocenters. The van der Waals surface area contributed by atoms with Crippen molar-refractivity contribution in [3.63, 3.8) is 0 Å². The summed E-state index contributed by atoms with van der Waals surface area (Å²) in [6.45, 7) is 4.20. The molecule has 0 spiro atoms. The zero-order chi connectivity index (χ0) is 20.3. The van der Waals surface area contributed by atoms with Gasteiger partial charge in [0.15, 0.2) is 11.5 Å². The Kier molecular flexibility index (Phi) is 6.02. The summed E-state index contributed by atoms with van der Waals surface area (Å²) in [4.78, 5) is 12.6. The van der Waals surface area contributed by atoms with Crippen LogP contribution in [0.25, 0.3) is 0 Å². The molecule has 1 heterocycles. The molecule has 0 saturated carbocycles. The number of morpholine rings is 1. The van der Waals surface area contributed by atoms with Crippen LogP contribution in [0.5, 0.6) is 11.5 Å². The maximum atomic E-state index is 13.0. The fourth-order valence-corrected chi connectivity index (χ4v) is 4.76. The fourth-order valence-electron chi connectivity index (χ4n) is 3.12. The van der Waals surface area contributed by atoms with E-state index in [1.165, 1.54) is 35.7 Å². The van der Waals surface area contributed by atoms with Gasteiger partial charge >= 0.3 is 5.97 Å². The van der Waals surface area contributed by atoms with Crippen molar-refractivity contribution >= 4 is 16.0 Å². The van der Waals surface area contributed by atoms with E-state index >= 15 is 0 Å². The smallest absolute Gasteiger partial charge is 0.343 e. The van der Waals surface area contributed by atoms with Crippen molar-refractivity contribution in [3.8, 4) is 11.5 Å². The lowest BCUT2D eigenvalue weighted by Gasteiger charge is -2.34. The van der Waals surface area contributed by atoms with Gasteiger partial charge in [-0.25, -0.2) is 13.2 Å². The molecule has 3 rings (SSSR count). The van der Waals surface area contributed by atoms with Crippen molar-refractivity contribution in [1.29, 1.82) is 0 Å². The van der Waals surface area contributed by atoms with Gasteiger partial charge in [0.05, 0.1) is 29.8 Å². The van der Waals surface area contributed by atoms with E-state index in [2.05, 4.69) is 0 Å². The van der Waals surface area contributed by atoms with Gasteiger partial charge in [-0.3, -0.25) is 0 Å². The zero-order valence-electron chi connectivity index (χ0n) is 16.0. The topological polar surface area (TPSA) is 82.1 Å². The molecule has 0 aliphatic carbocycles. The van der Waals surface area contributed by atoms with Crippen molar-refractivity contribution in [2.75, 3.05) is 20.2 Å². The van der Waals surface area contributed by atoms with E-state index in [0.717, 1.165) is 0 Å². The summed E-state index contributed by atoms with van der Waals surface area (Å²) in [6, 6.07) is 12.6. The molecular weight excluding hydrogens is 382 g/mol. The van der Waals surface area contributed by atoms with Crippen LogP contribution in [-0.2, 0) is 14.8 Å². The second-order valence-corrected chi connectivity index (χ2v) is 8.59. The highest BCUT2D eigenvalue weighted by atomic mass is 32.2. The number of methoxy groups -OCH3 is 1. The third-order valence-corrected chi connectivity index (χ3v) is 6.19. The summed E-state index contributed by atoms with van der Waals surface area (Å²) in [6.07, 6.45) is -0.394. The Balaban J connectivity index is 1.84. The van der Waals surface area contributed by atoms with E-state index in [9.17, 15) is 13.2 Å². The maximum Gasteiger partial charge on any atom is 0.343 e. The Bertz CT molecular complexity index is 949. The van der Waals surface area contributed by atoms with E-state index in [1.807, 2.05) is 13.8 Å². The molecule has 0 amide bonds. The van der Waals surface area contributed by atoms with Gasteiger partial charge in [0, 0.05) is 13.1 Å². The summed E-state index contributed by atoms with van der Waals surface area (Å²) in [5.41, 5.74) is 0.140. The van der Waals surface area contributed by atoms with Crippen molar-refractivity contribution in [3.05, 3.63) is 54.1 Å². The lowest BCUT2D eigenvalue weighted by molar-refractivity contribution is -0.0440. The molecule has 0 radical (unpaired) electrons. The summed E-state index contributed by atoms with van der Waals surface area (Å²) in [7, 11) is -2.27. The average molecular weight is 405 g/mol. The Morgan fingerprint density at radius 1 is 1.04 bits per heavy atom. The van der Waals surface area contributed by atoms with Crippen molar-refractivity contribution < 1.29 is 27.4 Å². The first-order valence-corrected chi connectivity index (χ1v) is 10.4. The summed E-state index contributed by atoms with van der Waals surface area (Å²) >= 11 is 0. The number of nitrogens with zero attached hydrogens (tertiary/aromatic N) is 1. The summed E-state index contributed by atoms with van der Waals surface area (Å²) in [5.74, 6) is 0.0141. The number of benzene rings is 2. The van der Waals surface area contributed by atoms with Crippen LogP contribution >= 0.6 is 0 Å². The normalized spacial score (nSPS) is 20.5. The van der Waals surface area contributed by atoms with Crippen LogP contribution in [0.3, 0.4) is 0 Å². The zero-order valence-corrected chi connectivity index (χ0v) is 16.8. The van der Waals surface area contributed by atoms with Gasteiger partial charge in [-0.1, -0.05) is 18.2 Å². The average Bonchev–Trinajstić information content (AvgIpc) is 2.67. The molecule has 2 aromatic carbocycles. The molecule has 0 aromatic heterocycles. The van der Waals surface area contributed by atoms with Gasteiger partial charge in [0.25, 0.3) is 0 Å². The number of carbonyl (C=O) groups is 1. The molecule has 2 atom stereocenters. The number of carbonyl (C=O) groups excluding carboxylic acids is 1. The van der Waals surface area contributed by atoms with Crippen LogP contribution in [0.1, 0.15) is 24.2 Å². The van der Waals surface area contributed by atoms with Crippen LogP contribution < -0.4 is 9.47 Å². The van der Waals surface area contributed by atoms with Crippen LogP contribution in [0, 0.1) is 0 Å². The van der Waals surface area contributed by atoms with Gasteiger partial charge in [0.1, 0.15) is 0 Å². The lowest BCUT2D eigenvalue weighted by atomic mass is 10.2. The number of hydrogen-bond donors (Lipinski definition) is 0. The molecule has 7 nitrogen and oxygen atoms in total.